The van der Waals surface area contributed by atoms with E-state index in [0.717, 1.165) is 12.1 Å². The quantitative estimate of drug-likeness (QED) is 0.437. The van der Waals surface area contributed by atoms with Crippen molar-refractivity contribution < 1.29 is 32.6 Å². The van der Waals surface area contributed by atoms with Gasteiger partial charge in [0.2, 0.25) is 0 Å². The van der Waals surface area contributed by atoms with E-state index in [0.29, 0.717) is 35.8 Å². The first-order valence-electron chi connectivity index (χ1n) is 10.6. The molecule has 0 saturated carbocycles. The van der Waals surface area contributed by atoms with Crippen molar-refractivity contribution >= 4 is 22.6 Å². The number of benzene rings is 2. The first-order valence-corrected chi connectivity index (χ1v) is 10.6. The molecule has 0 radical (unpaired) electrons. The molecule has 0 unspecified atom stereocenters. The molecule has 0 atom stereocenters. The van der Waals surface area contributed by atoms with Crippen LogP contribution in [0.5, 0.6) is 0 Å². The second-order valence-electron chi connectivity index (χ2n) is 9.46. The number of alkyl halides is 3. The Hall–Kier alpha value is -2.98. The number of amides is 1. The van der Waals surface area contributed by atoms with Gasteiger partial charge in [-0.05, 0) is 58.4 Å². The van der Waals surface area contributed by atoms with Crippen LogP contribution in [0.2, 0.25) is 0 Å². The Morgan fingerprint density at radius 1 is 1.09 bits per heavy atom. The summed E-state index contributed by atoms with van der Waals surface area (Å²) in [6.45, 7) is 6.32. The number of halogens is 4. The molecule has 3 rings (SSSR count). The fraction of sp³-hybridized carbons (Fsp3) is 0.417. The highest BCUT2D eigenvalue weighted by atomic mass is 19.4. The minimum atomic E-state index is -4.95. The van der Waals surface area contributed by atoms with Gasteiger partial charge in [0.05, 0.1) is 33.4 Å². The molecule has 1 amide bonds. The topological polar surface area (TPSA) is 87.4 Å². The molecule has 184 valence electrons. The lowest BCUT2D eigenvalue weighted by Crippen LogP contribution is -2.22. The third-order valence-electron chi connectivity index (χ3n) is 5.53. The van der Waals surface area contributed by atoms with Crippen LogP contribution in [0.1, 0.15) is 61.4 Å². The molecule has 0 saturated heterocycles. The monoisotopic (exact) mass is 481 g/mol. The van der Waals surface area contributed by atoms with Gasteiger partial charge >= 0.3 is 6.18 Å². The number of carbonyl (C=O) groups is 1. The first kappa shape index (κ1) is 25.6. The molecular weight excluding hydrogens is 454 g/mol. The molecule has 3 N–H and O–H groups in total. The van der Waals surface area contributed by atoms with Crippen LogP contribution in [-0.4, -0.2) is 31.3 Å². The zero-order valence-electron chi connectivity index (χ0n) is 19.5. The summed E-state index contributed by atoms with van der Waals surface area (Å²) >= 11 is 0. The third-order valence-corrected chi connectivity index (χ3v) is 5.53. The Morgan fingerprint density at radius 2 is 1.74 bits per heavy atom. The van der Waals surface area contributed by atoms with E-state index in [1.807, 2.05) is 0 Å². The summed E-state index contributed by atoms with van der Waals surface area (Å²) in [5, 5.41) is 23.1. The van der Waals surface area contributed by atoms with E-state index in [1.54, 1.807) is 31.5 Å². The van der Waals surface area contributed by atoms with Crippen molar-refractivity contribution in [1.82, 2.24) is 9.55 Å². The van der Waals surface area contributed by atoms with Gasteiger partial charge in [-0.15, -0.1) is 0 Å². The number of nitrogens with one attached hydrogen (secondary N) is 1. The highest BCUT2D eigenvalue weighted by Crippen LogP contribution is 2.35. The van der Waals surface area contributed by atoms with Crippen LogP contribution in [-0.2, 0) is 25.2 Å². The Morgan fingerprint density at radius 3 is 2.29 bits per heavy atom. The van der Waals surface area contributed by atoms with E-state index in [9.17, 15) is 32.6 Å². The summed E-state index contributed by atoms with van der Waals surface area (Å²) in [6, 6.07) is 5.58. The Bertz CT molecular complexity index is 1240. The standard InChI is InChI=1S/C24H27F4N3O3/c1-22(2,33)10-9-19-29-17-11-15(23(3,4)34)16(12-18(17)31(19)5)30-21(32)13-7-6-8-14(20(13)25)24(26,27)28/h6-8,11-12,33-34H,9-10H2,1-5H3,(H,30,32). The van der Waals surface area contributed by atoms with Crippen LogP contribution in [0.3, 0.4) is 0 Å². The minimum absolute atomic E-state index is 0.110. The predicted octanol–water partition coefficient (Wildman–Crippen LogP) is 4.91. The lowest BCUT2D eigenvalue weighted by molar-refractivity contribution is -0.140. The highest BCUT2D eigenvalue weighted by molar-refractivity contribution is 6.06. The van der Waals surface area contributed by atoms with Gasteiger partial charge in [0.1, 0.15) is 11.6 Å². The van der Waals surface area contributed by atoms with Crippen LogP contribution < -0.4 is 5.32 Å². The lowest BCUT2D eigenvalue weighted by Gasteiger charge is -2.22. The molecule has 0 fully saturated rings. The van der Waals surface area contributed by atoms with Crippen LogP contribution in [0.4, 0.5) is 23.2 Å². The Labute approximate surface area is 194 Å². The zero-order valence-corrected chi connectivity index (χ0v) is 19.5. The van der Waals surface area contributed by atoms with Crippen LogP contribution in [0.25, 0.3) is 11.0 Å². The van der Waals surface area contributed by atoms with E-state index in [1.165, 1.54) is 19.9 Å². The second-order valence-corrected chi connectivity index (χ2v) is 9.46. The van der Waals surface area contributed by atoms with Gasteiger partial charge in [0.15, 0.2) is 0 Å². The molecule has 3 aromatic rings. The SMILES string of the molecule is Cn1c(CCC(C)(C)O)nc2cc(C(C)(C)O)c(NC(=O)c3cccc(C(F)(F)F)c3F)cc21. The van der Waals surface area contributed by atoms with Gasteiger partial charge < -0.3 is 20.1 Å². The fourth-order valence-electron chi connectivity index (χ4n) is 3.65. The van der Waals surface area contributed by atoms with Crippen molar-refractivity contribution in [2.45, 2.75) is 57.9 Å². The maximum absolute atomic E-state index is 14.5. The molecule has 1 aromatic heterocycles. The summed E-state index contributed by atoms with van der Waals surface area (Å²) in [5.74, 6) is -2.10. The van der Waals surface area contributed by atoms with Gasteiger partial charge in [0.25, 0.3) is 5.91 Å². The van der Waals surface area contributed by atoms with Crippen molar-refractivity contribution in [2.24, 2.45) is 7.05 Å². The molecule has 2 aromatic carbocycles. The number of hydrogen-bond acceptors (Lipinski definition) is 4. The number of imidazole rings is 1. The molecule has 1 heterocycles. The van der Waals surface area contributed by atoms with Gasteiger partial charge in [-0.3, -0.25) is 4.79 Å². The van der Waals surface area contributed by atoms with Crippen molar-refractivity contribution in [3.05, 3.63) is 58.7 Å². The number of hydrogen-bond donors (Lipinski definition) is 3. The predicted molar refractivity (Wildman–Crippen MR) is 120 cm³/mol. The number of aliphatic hydroxyl groups is 2. The normalized spacial score (nSPS) is 12.9. The molecule has 0 aliphatic rings. The summed E-state index contributed by atoms with van der Waals surface area (Å²) < 4.78 is 55.5. The minimum Gasteiger partial charge on any atom is -0.390 e. The smallest absolute Gasteiger partial charge is 0.390 e. The number of aromatic nitrogens is 2. The average molecular weight is 481 g/mol. The summed E-state index contributed by atoms with van der Waals surface area (Å²) in [6.07, 6.45) is -4.05. The molecule has 0 aliphatic carbocycles. The molecule has 6 nitrogen and oxygen atoms in total. The molecule has 10 heteroatoms. The van der Waals surface area contributed by atoms with Crippen molar-refractivity contribution in [1.29, 1.82) is 0 Å². The maximum atomic E-state index is 14.5. The molecule has 0 bridgehead atoms. The van der Waals surface area contributed by atoms with E-state index in [4.69, 9.17) is 0 Å². The number of aryl methyl sites for hydroxylation is 2. The lowest BCUT2D eigenvalue weighted by atomic mass is 9.95. The van der Waals surface area contributed by atoms with Gasteiger partial charge in [-0.1, -0.05) is 6.07 Å². The largest absolute Gasteiger partial charge is 0.419 e. The molecule has 0 aliphatic heterocycles. The van der Waals surface area contributed by atoms with Crippen LogP contribution in [0, 0.1) is 5.82 Å². The number of nitrogens with zero attached hydrogens (tertiary/aromatic N) is 2. The van der Waals surface area contributed by atoms with Crippen LogP contribution in [0.15, 0.2) is 30.3 Å². The van der Waals surface area contributed by atoms with Gasteiger partial charge in [-0.2, -0.15) is 13.2 Å². The van der Waals surface area contributed by atoms with E-state index < -0.39 is 40.2 Å². The average Bonchev–Trinajstić information content (AvgIpc) is 2.99. The van der Waals surface area contributed by atoms with Crippen LogP contribution >= 0.6 is 0 Å². The number of carbonyl (C=O) groups excluding carboxylic acids is 1. The Balaban J connectivity index is 2.06. The number of rotatable bonds is 6. The molecule has 34 heavy (non-hydrogen) atoms. The summed E-state index contributed by atoms with van der Waals surface area (Å²) in [4.78, 5) is 17.3. The van der Waals surface area contributed by atoms with Crippen molar-refractivity contribution in [3.8, 4) is 0 Å². The van der Waals surface area contributed by atoms with Gasteiger partial charge in [-0.25, -0.2) is 9.37 Å². The third kappa shape index (κ3) is 5.39. The van der Waals surface area contributed by atoms with Gasteiger partial charge in [0, 0.05) is 24.7 Å². The first-order chi connectivity index (χ1) is 15.5. The zero-order chi connectivity index (χ0) is 25.6. The Kier molecular flexibility index (Phi) is 6.53. The summed E-state index contributed by atoms with van der Waals surface area (Å²) in [7, 11) is 1.75. The van der Waals surface area contributed by atoms with E-state index in [2.05, 4.69) is 10.3 Å². The second kappa shape index (κ2) is 8.66. The maximum Gasteiger partial charge on any atom is 0.419 e. The molecular formula is C24H27F4N3O3. The van der Waals surface area contributed by atoms with Crippen molar-refractivity contribution in [2.75, 3.05) is 5.32 Å². The highest BCUT2D eigenvalue weighted by Gasteiger charge is 2.36. The number of fused-ring (bicyclic) bond motifs is 1. The fourth-order valence-corrected chi connectivity index (χ4v) is 3.65. The number of anilines is 1. The summed E-state index contributed by atoms with van der Waals surface area (Å²) in [5.41, 5.74) is -3.19. The molecule has 0 spiro atoms. The van der Waals surface area contributed by atoms with E-state index in [-0.39, 0.29) is 11.3 Å². The van der Waals surface area contributed by atoms with Crippen molar-refractivity contribution in [3.63, 3.8) is 0 Å². The van der Waals surface area contributed by atoms with E-state index >= 15 is 0 Å².